The SMILES string of the molecule is CN(C)c1c(CNCC2CCC2)cc(O)c2c1C[C@H]1C[C@H]3[C@H](N(C)C)C(=O)C(C(N)=O)C(=O)[C@@]3(O)C(=O)C1C2=O. The van der Waals surface area contributed by atoms with Gasteiger partial charge in [-0.3, -0.25) is 28.9 Å². The van der Waals surface area contributed by atoms with Crippen molar-refractivity contribution in [1.29, 1.82) is 0 Å². The van der Waals surface area contributed by atoms with Gasteiger partial charge in [-0.25, -0.2) is 0 Å². The minimum Gasteiger partial charge on any atom is -0.507 e. The van der Waals surface area contributed by atoms with Crippen LogP contribution in [0.25, 0.3) is 0 Å². The highest BCUT2D eigenvalue weighted by molar-refractivity contribution is 6.32. The molecule has 5 N–H and O–H groups in total. The molecular formula is C29H38N4O7. The van der Waals surface area contributed by atoms with Gasteiger partial charge in [0.1, 0.15) is 5.75 Å². The lowest BCUT2D eigenvalue weighted by atomic mass is 9.52. The Bertz CT molecular complexity index is 1300. The molecule has 4 aliphatic carbocycles. The summed E-state index contributed by atoms with van der Waals surface area (Å²) in [5, 5.41) is 26.2. The van der Waals surface area contributed by atoms with Crippen LogP contribution in [0.15, 0.2) is 6.07 Å². The zero-order chi connectivity index (χ0) is 29.3. The average molecular weight is 555 g/mol. The molecule has 1 aromatic rings. The van der Waals surface area contributed by atoms with Crippen LogP contribution in [0.3, 0.4) is 0 Å². The Morgan fingerprint density at radius 1 is 1.12 bits per heavy atom. The standard InChI is InChI=1S/C29H38N4O7/c1-32(2)22-15(12-31-11-13-6-5-7-13)10-18(34)20-16(22)8-14-9-17-23(33(3)4)25(36)21(28(30)39)27(38)29(17,40)26(37)19(14)24(20)35/h10,13-14,17,19,21,23,31,34,40H,5-9,11-12H2,1-4H3,(H2,30,39)/t14-,17-,19?,21?,23-,29-/m0/s1. The van der Waals surface area contributed by atoms with Crippen LogP contribution in [0.1, 0.15) is 47.2 Å². The van der Waals surface area contributed by atoms with Crippen LogP contribution >= 0.6 is 0 Å². The average Bonchev–Trinajstić information content (AvgIpc) is 2.82. The van der Waals surface area contributed by atoms with Gasteiger partial charge in [-0.15, -0.1) is 0 Å². The fourth-order valence-electron chi connectivity index (χ4n) is 7.53. The summed E-state index contributed by atoms with van der Waals surface area (Å²) in [7, 11) is 6.85. The van der Waals surface area contributed by atoms with Crippen LogP contribution in [0.5, 0.6) is 5.75 Å². The number of nitrogens with two attached hydrogens (primary N) is 1. The number of Topliss-reactive ketones (excluding diaryl/α,β-unsaturated/α-hetero) is 4. The van der Waals surface area contributed by atoms with Crippen molar-refractivity contribution in [3.63, 3.8) is 0 Å². The molecule has 1 amide bonds. The van der Waals surface area contributed by atoms with Gasteiger partial charge in [-0.05, 0) is 75.4 Å². The topological polar surface area (TPSA) is 170 Å². The van der Waals surface area contributed by atoms with E-state index in [1.807, 2.05) is 19.0 Å². The number of amides is 1. The summed E-state index contributed by atoms with van der Waals surface area (Å²) in [5.41, 5.74) is 4.88. The molecule has 0 bridgehead atoms. The van der Waals surface area contributed by atoms with E-state index in [2.05, 4.69) is 5.32 Å². The van der Waals surface area contributed by atoms with Crippen LogP contribution in [0, 0.1) is 29.6 Å². The minimum atomic E-state index is -2.72. The van der Waals surface area contributed by atoms with E-state index in [1.165, 1.54) is 24.2 Å². The van der Waals surface area contributed by atoms with Gasteiger partial charge >= 0.3 is 0 Å². The highest BCUT2D eigenvalue weighted by atomic mass is 16.3. The second-order valence-corrected chi connectivity index (χ2v) is 12.4. The third-order valence-corrected chi connectivity index (χ3v) is 9.53. The van der Waals surface area contributed by atoms with E-state index in [-0.39, 0.29) is 24.2 Å². The molecule has 5 rings (SSSR count). The van der Waals surface area contributed by atoms with Gasteiger partial charge in [0, 0.05) is 32.2 Å². The van der Waals surface area contributed by atoms with Gasteiger partial charge in [0.15, 0.2) is 34.7 Å². The van der Waals surface area contributed by atoms with Crippen molar-refractivity contribution in [3.8, 4) is 5.75 Å². The minimum absolute atomic E-state index is 0.0121. The number of carbonyl (C=O) groups is 5. The summed E-state index contributed by atoms with van der Waals surface area (Å²) in [5.74, 6) is -9.70. The van der Waals surface area contributed by atoms with Crippen LogP contribution in [0.2, 0.25) is 0 Å². The maximum Gasteiger partial charge on any atom is 0.235 e. The molecule has 3 fully saturated rings. The molecule has 216 valence electrons. The number of phenolic OH excluding ortho intramolecular Hbond substituents is 1. The smallest absolute Gasteiger partial charge is 0.235 e. The molecule has 0 spiro atoms. The first-order valence-electron chi connectivity index (χ1n) is 13.9. The number of nitrogens with one attached hydrogen (secondary N) is 1. The quantitative estimate of drug-likeness (QED) is 0.332. The maximum absolute atomic E-state index is 13.9. The van der Waals surface area contributed by atoms with E-state index in [1.54, 1.807) is 20.2 Å². The van der Waals surface area contributed by atoms with Gasteiger partial charge in [0.05, 0.1) is 17.5 Å². The number of hydrogen-bond donors (Lipinski definition) is 4. The molecule has 6 atom stereocenters. The lowest BCUT2D eigenvalue weighted by Crippen LogP contribution is -2.74. The molecule has 11 nitrogen and oxygen atoms in total. The van der Waals surface area contributed by atoms with Crippen molar-refractivity contribution in [2.45, 2.75) is 50.3 Å². The van der Waals surface area contributed by atoms with E-state index >= 15 is 0 Å². The number of anilines is 1. The molecule has 0 saturated heterocycles. The molecular weight excluding hydrogens is 516 g/mol. The molecule has 11 heteroatoms. The van der Waals surface area contributed by atoms with Crippen LogP contribution in [-0.4, -0.2) is 90.5 Å². The van der Waals surface area contributed by atoms with Crippen molar-refractivity contribution in [3.05, 3.63) is 22.8 Å². The highest BCUT2D eigenvalue weighted by Crippen LogP contribution is 2.52. The first kappa shape index (κ1) is 28.4. The first-order valence-corrected chi connectivity index (χ1v) is 13.9. The van der Waals surface area contributed by atoms with Crippen molar-refractivity contribution >= 4 is 34.7 Å². The van der Waals surface area contributed by atoms with Crippen molar-refractivity contribution in [1.82, 2.24) is 10.2 Å². The van der Waals surface area contributed by atoms with E-state index in [9.17, 15) is 34.2 Å². The number of aromatic hydroxyl groups is 1. The highest BCUT2D eigenvalue weighted by Gasteiger charge is 2.69. The Labute approximate surface area is 233 Å². The number of benzene rings is 1. The van der Waals surface area contributed by atoms with Crippen LogP contribution in [-0.2, 0) is 32.1 Å². The molecule has 1 aromatic carbocycles. The largest absolute Gasteiger partial charge is 0.507 e. The summed E-state index contributed by atoms with van der Waals surface area (Å²) in [6.45, 7) is 1.36. The third-order valence-electron chi connectivity index (χ3n) is 9.53. The summed E-state index contributed by atoms with van der Waals surface area (Å²) in [6, 6.07) is 0.422. The zero-order valence-corrected chi connectivity index (χ0v) is 23.4. The number of rotatable bonds is 7. The number of likely N-dealkylation sites (N-methyl/N-ethyl adjacent to an activating group) is 1. The van der Waals surface area contributed by atoms with E-state index in [4.69, 9.17) is 5.73 Å². The normalized spacial score (nSPS) is 31.9. The number of phenols is 1. The monoisotopic (exact) mass is 554 g/mol. The van der Waals surface area contributed by atoms with Crippen LogP contribution in [0.4, 0.5) is 5.69 Å². The Morgan fingerprint density at radius 3 is 2.35 bits per heavy atom. The number of hydrogen-bond acceptors (Lipinski definition) is 10. The Kier molecular flexibility index (Phi) is 7.12. The molecule has 4 aliphatic rings. The molecule has 0 radical (unpaired) electrons. The molecule has 0 aromatic heterocycles. The molecule has 0 aliphatic heterocycles. The van der Waals surface area contributed by atoms with Crippen molar-refractivity contribution < 1.29 is 34.2 Å². The summed E-state index contributed by atoms with van der Waals surface area (Å²) >= 11 is 0. The Hall–Kier alpha value is -3.15. The number of nitrogens with zero attached hydrogens (tertiary/aromatic N) is 2. The van der Waals surface area contributed by atoms with Gasteiger partial charge in [-0.2, -0.15) is 0 Å². The summed E-state index contributed by atoms with van der Waals surface area (Å²) in [4.78, 5) is 70.0. The van der Waals surface area contributed by atoms with Gasteiger partial charge < -0.3 is 26.2 Å². The zero-order valence-electron chi connectivity index (χ0n) is 23.4. The second-order valence-electron chi connectivity index (χ2n) is 12.4. The van der Waals surface area contributed by atoms with Crippen molar-refractivity contribution in [2.75, 3.05) is 39.6 Å². The Balaban J connectivity index is 1.57. The number of fused-ring (bicyclic) bond motifs is 3. The first-order chi connectivity index (χ1) is 18.8. The fraction of sp³-hybridized carbons (Fsp3) is 0.621. The predicted molar refractivity (Wildman–Crippen MR) is 145 cm³/mol. The Morgan fingerprint density at radius 2 is 1.80 bits per heavy atom. The van der Waals surface area contributed by atoms with Gasteiger partial charge in [0.25, 0.3) is 0 Å². The third kappa shape index (κ3) is 4.09. The molecule has 3 saturated carbocycles. The van der Waals surface area contributed by atoms with E-state index in [0.29, 0.717) is 18.0 Å². The van der Waals surface area contributed by atoms with Crippen LogP contribution < -0.4 is 16.0 Å². The number of carbonyl (C=O) groups excluding carboxylic acids is 5. The summed E-state index contributed by atoms with van der Waals surface area (Å²) in [6.07, 6.45) is 3.90. The van der Waals surface area contributed by atoms with Gasteiger partial charge in [-0.1, -0.05) is 6.42 Å². The number of primary amides is 1. The molecule has 2 unspecified atom stereocenters. The lowest BCUT2D eigenvalue weighted by Gasteiger charge is -2.52. The maximum atomic E-state index is 13.9. The van der Waals surface area contributed by atoms with Gasteiger partial charge in [0.2, 0.25) is 5.91 Å². The van der Waals surface area contributed by atoms with Crippen molar-refractivity contribution in [2.24, 2.45) is 35.3 Å². The summed E-state index contributed by atoms with van der Waals surface area (Å²) < 4.78 is 0. The lowest BCUT2D eigenvalue weighted by molar-refractivity contribution is -0.181. The fourth-order valence-corrected chi connectivity index (χ4v) is 7.53. The second kappa shape index (κ2) is 10.0. The van der Waals surface area contributed by atoms with E-state index in [0.717, 1.165) is 17.8 Å². The molecule has 40 heavy (non-hydrogen) atoms. The molecule has 0 heterocycles. The number of ketones is 4. The van der Waals surface area contributed by atoms with E-state index < -0.39 is 64.4 Å². The number of aliphatic hydroxyl groups is 1. The predicted octanol–water partition coefficient (Wildman–Crippen LogP) is -0.177.